The third-order valence-corrected chi connectivity index (χ3v) is 3.53. The molecule has 0 heterocycles. The van der Waals surface area contributed by atoms with E-state index in [-0.39, 0.29) is 29.7 Å². The van der Waals surface area contributed by atoms with Crippen LogP contribution in [0.2, 0.25) is 0 Å². The van der Waals surface area contributed by atoms with Gasteiger partial charge in [0.1, 0.15) is 0 Å². The molecule has 1 saturated carbocycles. The van der Waals surface area contributed by atoms with E-state index in [1.54, 1.807) is 19.2 Å². The summed E-state index contributed by atoms with van der Waals surface area (Å²) >= 11 is 0. The van der Waals surface area contributed by atoms with Crippen molar-refractivity contribution in [2.45, 2.75) is 38.3 Å². The molecule has 1 aliphatic rings. The van der Waals surface area contributed by atoms with Gasteiger partial charge in [-0.15, -0.1) is 24.0 Å². The third kappa shape index (κ3) is 5.49. The molecule has 0 saturated heterocycles. The second-order valence-electron chi connectivity index (χ2n) is 4.98. The fraction of sp³-hybridized carbons (Fsp3) is 0.500. The molecule has 2 rings (SSSR count). The zero-order valence-corrected chi connectivity index (χ0v) is 14.4. The fourth-order valence-electron chi connectivity index (χ4n) is 2.38. The second-order valence-corrected chi connectivity index (χ2v) is 4.98. The van der Waals surface area contributed by atoms with Crippen molar-refractivity contribution in [2.75, 3.05) is 7.05 Å². The number of hydrogen-bond acceptors (Lipinski definition) is 3. The van der Waals surface area contributed by atoms with Crippen LogP contribution >= 0.6 is 24.0 Å². The van der Waals surface area contributed by atoms with Gasteiger partial charge in [-0.2, -0.15) is 0 Å². The van der Waals surface area contributed by atoms with E-state index < -0.39 is 4.92 Å². The van der Waals surface area contributed by atoms with Crippen molar-refractivity contribution >= 4 is 35.6 Å². The van der Waals surface area contributed by atoms with Crippen molar-refractivity contribution in [3.63, 3.8) is 0 Å². The Morgan fingerprint density at radius 1 is 1.33 bits per heavy atom. The van der Waals surface area contributed by atoms with Crippen molar-refractivity contribution in [2.24, 2.45) is 4.99 Å². The Bertz CT molecular complexity index is 484. The molecule has 21 heavy (non-hydrogen) atoms. The number of hydrogen-bond donors (Lipinski definition) is 2. The minimum absolute atomic E-state index is 0. The average molecular weight is 404 g/mol. The minimum atomic E-state index is -0.391. The highest BCUT2D eigenvalue weighted by atomic mass is 127. The molecule has 0 aliphatic heterocycles. The molecule has 1 aliphatic carbocycles. The lowest BCUT2D eigenvalue weighted by Gasteiger charge is -2.16. The van der Waals surface area contributed by atoms with Gasteiger partial charge in [0.25, 0.3) is 5.69 Å². The average Bonchev–Trinajstić information content (AvgIpc) is 2.96. The van der Waals surface area contributed by atoms with Gasteiger partial charge in [-0.3, -0.25) is 15.1 Å². The molecule has 1 aromatic carbocycles. The normalized spacial score (nSPS) is 15.4. The molecule has 0 radical (unpaired) electrons. The van der Waals surface area contributed by atoms with Crippen LogP contribution in [0.4, 0.5) is 5.69 Å². The predicted molar refractivity (Wildman–Crippen MR) is 94.1 cm³/mol. The number of guanidine groups is 1. The highest BCUT2D eigenvalue weighted by Crippen LogP contribution is 2.17. The molecular weight excluding hydrogens is 383 g/mol. The molecule has 0 atom stereocenters. The van der Waals surface area contributed by atoms with Crippen LogP contribution in [0.1, 0.15) is 31.2 Å². The standard InChI is InChI=1S/C14H20N4O2.HI/c1-15-14(17-12-4-2-3-5-12)16-10-11-6-8-13(9-7-11)18(19)20;/h6-9,12H,2-5,10H2,1H3,(H2,15,16,17);1H. The first-order valence-corrected chi connectivity index (χ1v) is 6.89. The Morgan fingerprint density at radius 2 is 1.95 bits per heavy atom. The van der Waals surface area contributed by atoms with E-state index in [0.29, 0.717) is 12.6 Å². The van der Waals surface area contributed by atoms with Crippen molar-refractivity contribution in [1.82, 2.24) is 10.6 Å². The number of nitro groups is 1. The topological polar surface area (TPSA) is 79.6 Å². The van der Waals surface area contributed by atoms with Gasteiger partial charge in [-0.1, -0.05) is 25.0 Å². The van der Waals surface area contributed by atoms with Gasteiger partial charge in [-0.25, -0.2) is 0 Å². The zero-order chi connectivity index (χ0) is 14.4. The van der Waals surface area contributed by atoms with Crippen molar-refractivity contribution in [1.29, 1.82) is 0 Å². The van der Waals surface area contributed by atoms with Gasteiger partial charge in [0.2, 0.25) is 0 Å². The summed E-state index contributed by atoms with van der Waals surface area (Å²) in [6.45, 7) is 0.602. The van der Waals surface area contributed by atoms with Gasteiger partial charge >= 0.3 is 0 Å². The summed E-state index contributed by atoms with van der Waals surface area (Å²) in [4.78, 5) is 14.4. The van der Waals surface area contributed by atoms with Crippen LogP contribution in [0.3, 0.4) is 0 Å². The van der Waals surface area contributed by atoms with Crippen LogP contribution in [0, 0.1) is 10.1 Å². The number of rotatable bonds is 4. The van der Waals surface area contributed by atoms with E-state index >= 15 is 0 Å². The first-order valence-electron chi connectivity index (χ1n) is 6.89. The molecule has 7 heteroatoms. The molecule has 2 N–H and O–H groups in total. The summed E-state index contributed by atoms with van der Waals surface area (Å²) in [5.41, 5.74) is 1.10. The molecule has 0 unspecified atom stereocenters. The van der Waals surface area contributed by atoms with Crippen LogP contribution in [-0.4, -0.2) is 24.0 Å². The number of aliphatic imine (C=N–C) groups is 1. The Balaban J connectivity index is 0.00000220. The van der Waals surface area contributed by atoms with E-state index in [4.69, 9.17) is 0 Å². The number of nitro benzene ring substituents is 1. The molecular formula is C14H21IN4O2. The molecule has 1 aromatic rings. The van der Waals surface area contributed by atoms with E-state index in [2.05, 4.69) is 15.6 Å². The highest BCUT2D eigenvalue weighted by molar-refractivity contribution is 14.0. The Labute approximate surface area is 141 Å². The monoisotopic (exact) mass is 404 g/mol. The summed E-state index contributed by atoms with van der Waals surface area (Å²) in [6.07, 6.45) is 4.94. The molecule has 0 aromatic heterocycles. The van der Waals surface area contributed by atoms with E-state index in [0.717, 1.165) is 11.5 Å². The number of halogens is 1. The van der Waals surface area contributed by atoms with E-state index in [9.17, 15) is 10.1 Å². The van der Waals surface area contributed by atoms with Crippen LogP contribution in [0.15, 0.2) is 29.3 Å². The third-order valence-electron chi connectivity index (χ3n) is 3.53. The largest absolute Gasteiger partial charge is 0.354 e. The first-order chi connectivity index (χ1) is 9.69. The summed E-state index contributed by atoms with van der Waals surface area (Å²) < 4.78 is 0. The lowest BCUT2D eigenvalue weighted by atomic mass is 10.2. The van der Waals surface area contributed by atoms with Gasteiger partial charge in [0, 0.05) is 31.8 Å². The minimum Gasteiger partial charge on any atom is -0.354 e. The van der Waals surface area contributed by atoms with Crippen molar-refractivity contribution < 1.29 is 4.92 Å². The SMILES string of the molecule is CN=C(NCc1ccc([N+](=O)[O-])cc1)NC1CCCC1.I. The molecule has 0 bridgehead atoms. The molecule has 116 valence electrons. The predicted octanol–water partition coefficient (Wildman–Crippen LogP) is 2.82. The maximum atomic E-state index is 10.6. The lowest BCUT2D eigenvalue weighted by Crippen LogP contribution is -2.41. The molecule has 0 amide bonds. The Morgan fingerprint density at radius 3 is 2.48 bits per heavy atom. The summed E-state index contributed by atoms with van der Waals surface area (Å²) in [5, 5.41) is 17.2. The van der Waals surface area contributed by atoms with Crippen molar-refractivity contribution in [3.8, 4) is 0 Å². The summed E-state index contributed by atoms with van der Waals surface area (Å²) in [7, 11) is 1.75. The first kappa shape index (κ1) is 17.7. The van der Waals surface area contributed by atoms with Crippen LogP contribution < -0.4 is 10.6 Å². The van der Waals surface area contributed by atoms with Gasteiger partial charge < -0.3 is 10.6 Å². The number of non-ortho nitro benzene ring substituents is 1. The smallest absolute Gasteiger partial charge is 0.269 e. The second kappa shape index (κ2) is 8.81. The van der Waals surface area contributed by atoms with Gasteiger partial charge in [0.05, 0.1) is 4.92 Å². The van der Waals surface area contributed by atoms with Crippen LogP contribution in [-0.2, 0) is 6.54 Å². The summed E-state index contributed by atoms with van der Waals surface area (Å²) in [6, 6.07) is 7.06. The Kier molecular flexibility index (Phi) is 7.41. The van der Waals surface area contributed by atoms with E-state index in [1.807, 2.05) is 0 Å². The van der Waals surface area contributed by atoms with Gasteiger partial charge in [0.15, 0.2) is 5.96 Å². The maximum absolute atomic E-state index is 10.6. The lowest BCUT2D eigenvalue weighted by molar-refractivity contribution is -0.384. The Hall–Kier alpha value is -1.38. The van der Waals surface area contributed by atoms with Crippen molar-refractivity contribution in [3.05, 3.63) is 39.9 Å². The van der Waals surface area contributed by atoms with Gasteiger partial charge in [-0.05, 0) is 18.4 Å². The summed E-state index contributed by atoms with van der Waals surface area (Å²) in [5.74, 6) is 0.787. The number of nitrogens with one attached hydrogen (secondary N) is 2. The number of nitrogens with zero attached hydrogens (tertiary/aromatic N) is 2. The fourth-order valence-corrected chi connectivity index (χ4v) is 2.38. The highest BCUT2D eigenvalue weighted by Gasteiger charge is 2.15. The molecule has 0 spiro atoms. The van der Waals surface area contributed by atoms with Crippen LogP contribution in [0.5, 0.6) is 0 Å². The quantitative estimate of drug-likeness (QED) is 0.266. The zero-order valence-electron chi connectivity index (χ0n) is 12.0. The van der Waals surface area contributed by atoms with E-state index in [1.165, 1.54) is 37.8 Å². The molecule has 6 nitrogen and oxygen atoms in total. The maximum Gasteiger partial charge on any atom is 0.269 e. The molecule has 1 fully saturated rings. The van der Waals surface area contributed by atoms with Crippen LogP contribution in [0.25, 0.3) is 0 Å². The number of benzene rings is 1.